The van der Waals surface area contributed by atoms with Crippen molar-refractivity contribution in [1.82, 2.24) is 29.3 Å². The van der Waals surface area contributed by atoms with Crippen molar-refractivity contribution in [2.24, 2.45) is 7.05 Å². The van der Waals surface area contributed by atoms with Gasteiger partial charge in [0.05, 0.1) is 25.5 Å². The SMILES string of the molecule is Cn1c(C(O)CO)nc2c(N3CCOCC3)nc(-c3ccn(-c4ccccc4)n3)nc21. The zero-order chi connectivity index (χ0) is 21.4. The molecule has 0 radical (unpaired) electrons. The van der Waals surface area contributed by atoms with E-state index >= 15 is 0 Å². The van der Waals surface area contributed by atoms with Gasteiger partial charge in [0.15, 0.2) is 22.8 Å². The molecule has 3 aromatic heterocycles. The Morgan fingerprint density at radius 1 is 1.06 bits per heavy atom. The van der Waals surface area contributed by atoms with Crippen LogP contribution < -0.4 is 4.90 Å². The predicted octanol–water partition coefficient (Wildman–Crippen LogP) is 1.08. The highest BCUT2D eigenvalue weighted by Crippen LogP contribution is 2.29. The molecule has 0 bridgehead atoms. The number of benzene rings is 1. The van der Waals surface area contributed by atoms with Gasteiger partial charge in [0.1, 0.15) is 17.6 Å². The number of imidazole rings is 1. The van der Waals surface area contributed by atoms with Crippen LogP contribution in [0.15, 0.2) is 42.6 Å². The first-order valence-electron chi connectivity index (χ1n) is 10.1. The van der Waals surface area contributed by atoms with Gasteiger partial charge < -0.3 is 24.4 Å². The number of aliphatic hydroxyl groups is 2. The molecule has 160 valence electrons. The van der Waals surface area contributed by atoms with E-state index in [4.69, 9.17) is 14.7 Å². The number of nitrogens with zero attached hydrogens (tertiary/aromatic N) is 7. The average Bonchev–Trinajstić information content (AvgIpc) is 3.45. The monoisotopic (exact) mass is 421 g/mol. The quantitative estimate of drug-likeness (QED) is 0.492. The van der Waals surface area contributed by atoms with E-state index in [9.17, 15) is 10.2 Å². The Kier molecular flexibility index (Phi) is 5.10. The van der Waals surface area contributed by atoms with Gasteiger partial charge in [-0.15, -0.1) is 0 Å². The third kappa shape index (κ3) is 3.54. The largest absolute Gasteiger partial charge is 0.393 e. The summed E-state index contributed by atoms with van der Waals surface area (Å²) in [7, 11) is 1.77. The molecule has 0 amide bonds. The minimum atomic E-state index is -1.10. The Hall–Kier alpha value is -3.34. The summed E-state index contributed by atoms with van der Waals surface area (Å²) in [5.74, 6) is 1.48. The van der Waals surface area contributed by atoms with E-state index in [2.05, 4.69) is 15.0 Å². The Labute approximate surface area is 178 Å². The summed E-state index contributed by atoms with van der Waals surface area (Å²) in [5.41, 5.74) is 2.73. The third-order valence-electron chi connectivity index (χ3n) is 5.36. The summed E-state index contributed by atoms with van der Waals surface area (Å²) in [6.07, 6.45) is 0.772. The van der Waals surface area contributed by atoms with Gasteiger partial charge in [-0.1, -0.05) is 18.2 Å². The van der Waals surface area contributed by atoms with Crippen molar-refractivity contribution >= 4 is 17.0 Å². The predicted molar refractivity (Wildman–Crippen MR) is 114 cm³/mol. The second kappa shape index (κ2) is 8.06. The summed E-state index contributed by atoms with van der Waals surface area (Å²) < 4.78 is 8.96. The van der Waals surface area contributed by atoms with E-state index in [-0.39, 0.29) is 0 Å². The highest BCUT2D eigenvalue weighted by Gasteiger charge is 2.25. The van der Waals surface area contributed by atoms with Crippen molar-refractivity contribution < 1.29 is 14.9 Å². The highest BCUT2D eigenvalue weighted by molar-refractivity contribution is 5.86. The molecule has 1 aromatic carbocycles. The van der Waals surface area contributed by atoms with Gasteiger partial charge >= 0.3 is 0 Å². The molecule has 0 aliphatic carbocycles. The second-order valence-electron chi connectivity index (χ2n) is 7.35. The molecule has 0 spiro atoms. The van der Waals surface area contributed by atoms with E-state index in [1.54, 1.807) is 16.3 Å². The average molecular weight is 421 g/mol. The Morgan fingerprint density at radius 3 is 2.58 bits per heavy atom. The fraction of sp³-hybridized carbons (Fsp3) is 0.333. The molecule has 1 unspecified atom stereocenters. The topological polar surface area (TPSA) is 114 Å². The lowest BCUT2D eigenvalue weighted by molar-refractivity contribution is 0.0868. The normalized spacial score (nSPS) is 15.5. The number of aryl methyl sites for hydroxylation is 1. The number of para-hydroxylation sites is 1. The second-order valence-corrected chi connectivity index (χ2v) is 7.35. The number of aromatic nitrogens is 6. The summed E-state index contributed by atoms with van der Waals surface area (Å²) in [6.45, 7) is 2.13. The number of aliphatic hydroxyl groups excluding tert-OH is 2. The van der Waals surface area contributed by atoms with Crippen molar-refractivity contribution in [2.75, 3.05) is 37.8 Å². The van der Waals surface area contributed by atoms with Crippen molar-refractivity contribution in [2.45, 2.75) is 6.10 Å². The van der Waals surface area contributed by atoms with Crippen LogP contribution in [0, 0.1) is 0 Å². The molecule has 2 N–H and O–H groups in total. The lowest BCUT2D eigenvalue weighted by Gasteiger charge is -2.28. The fourth-order valence-corrected chi connectivity index (χ4v) is 3.72. The van der Waals surface area contributed by atoms with E-state index in [1.807, 2.05) is 42.6 Å². The standard InChI is InChI=1S/C21H23N7O3/c1-26-19(16(30)13-29)22-17-20(26)23-18(24-21(17)27-9-11-31-12-10-27)15-7-8-28(25-15)14-5-3-2-4-6-14/h2-8,16,29-30H,9-13H2,1H3. The number of morpholine rings is 1. The maximum atomic E-state index is 10.2. The Morgan fingerprint density at radius 2 is 1.84 bits per heavy atom. The van der Waals surface area contributed by atoms with Crippen LogP contribution in [-0.2, 0) is 11.8 Å². The summed E-state index contributed by atoms with van der Waals surface area (Å²) in [5, 5.41) is 24.3. The van der Waals surface area contributed by atoms with Gasteiger partial charge in [0.2, 0.25) is 0 Å². The molecule has 10 heteroatoms. The van der Waals surface area contributed by atoms with Crippen LogP contribution in [0.4, 0.5) is 5.82 Å². The van der Waals surface area contributed by atoms with Crippen LogP contribution in [0.1, 0.15) is 11.9 Å². The number of hydrogen-bond acceptors (Lipinski definition) is 8. The van der Waals surface area contributed by atoms with Crippen LogP contribution in [0.5, 0.6) is 0 Å². The van der Waals surface area contributed by atoms with Crippen LogP contribution in [-0.4, -0.2) is 72.4 Å². The Bertz CT molecular complexity index is 1200. The van der Waals surface area contributed by atoms with Crippen molar-refractivity contribution in [3.63, 3.8) is 0 Å². The third-order valence-corrected chi connectivity index (χ3v) is 5.36. The molecule has 1 fully saturated rings. The molecule has 5 rings (SSSR count). The smallest absolute Gasteiger partial charge is 0.184 e. The highest BCUT2D eigenvalue weighted by atomic mass is 16.5. The molecule has 0 saturated carbocycles. The van der Waals surface area contributed by atoms with Gasteiger partial charge in [0.25, 0.3) is 0 Å². The van der Waals surface area contributed by atoms with E-state index in [0.29, 0.717) is 60.6 Å². The van der Waals surface area contributed by atoms with Crippen LogP contribution in [0.25, 0.3) is 28.4 Å². The van der Waals surface area contributed by atoms with Crippen LogP contribution >= 0.6 is 0 Å². The molecule has 31 heavy (non-hydrogen) atoms. The molecule has 4 heterocycles. The van der Waals surface area contributed by atoms with E-state index in [1.165, 1.54) is 0 Å². The maximum Gasteiger partial charge on any atom is 0.184 e. The summed E-state index contributed by atoms with van der Waals surface area (Å²) in [6, 6.07) is 11.7. The molecule has 10 nitrogen and oxygen atoms in total. The van der Waals surface area contributed by atoms with Gasteiger partial charge in [0, 0.05) is 26.3 Å². The summed E-state index contributed by atoms with van der Waals surface area (Å²) >= 11 is 0. The number of anilines is 1. The number of hydrogen-bond donors (Lipinski definition) is 2. The van der Waals surface area contributed by atoms with Crippen molar-refractivity contribution in [3.8, 4) is 17.2 Å². The Balaban J connectivity index is 1.65. The first-order valence-corrected chi connectivity index (χ1v) is 10.1. The lowest BCUT2D eigenvalue weighted by atomic mass is 10.3. The molecule has 4 aromatic rings. The zero-order valence-electron chi connectivity index (χ0n) is 17.1. The fourth-order valence-electron chi connectivity index (χ4n) is 3.72. The first kappa shape index (κ1) is 19.6. The van der Waals surface area contributed by atoms with E-state index in [0.717, 1.165) is 5.69 Å². The maximum absolute atomic E-state index is 10.2. The van der Waals surface area contributed by atoms with Gasteiger partial charge in [-0.2, -0.15) is 5.10 Å². The number of rotatable bonds is 5. The van der Waals surface area contributed by atoms with Gasteiger partial charge in [-0.05, 0) is 18.2 Å². The molecular weight excluding hydrogens is 398 g/mol. The number of fused-ring (bicyclic) bond motifs is 1. The number of ether oxygens (including phenoxy) is 1. The van der Waals surface area contributed by atoms with E-state index < -0.39 is 12.7 Å². The molecule has 1 atom stereocenters. The minimum Gasteiger partial charge on any atom is -0.393 e. The van der Waals surface area contributed by atoms with Gasteiger partial charge in [-0.3, -0.25) is 0 Å². The molecule has 1 aliphatic rings. The van der Waals surface area contributed by atoms with Crippen LogP contribution in [0.3, 0.4) is 0 Å². The zero-order valence-corrected chi connectivity index (χ0v) is 17.1. The van der Waals surface area contributed by atoms with Crippen LogP contribution in [0.2, 0.25) is 0 Å². The lowest BCUT2D eigenvalue weighted by Crippen LogP contribution is -2.37. The summed E-state index contributed by atoms with van der Waals surface area (Å²) in [4.78, 5) is 16.2. The molecule has 1 aliphatic heterocycles. The van der Waals surface area contributed by atoms with Crippen molar-refractivity contribution in [1.29, 1.82) is 0 Å². The first-order chi connectivity index (χ1) is 15.2. The minimum absolute atomic E-state index is 0.341. The van der Waals surface area contributed by atoms with Crippen molar-refractivity contribution in [3.05, 3.63) is 48.4 Å². The molecule has 1 saturated heterocycles. The van der Waals surface area contributed by atoms with Gasteiger partial charge in [-0.25, -0.2) is 19.6 Å². The molecular formula is C21H23N7O3.